The van der Waals surface area contributed by atoms with E-state index in [9.17, 15) is 14.4 Å². The van der Waals surface area contributed by atoms with Crippen LogP contribution in [0.1, 0.15) is 33.6 Å². The van der Waals surface area contributed by atoms with Gasteiger partial charge < -0.3 is 14.8 Å². The predicted molar refractivity (Wildman–Crippen MR) is 60.1 cm³/mol. The Morgan fingerprint density at radius 3 is 2.24 bits per heavy atom. The summed E-state index contributed by atoms with van der Waals surface area (Å²) in [5.74, 6) is -1.37. The van der Waals surface area contributed by atoms with Crippen molar-refractivity contribution in [2.45, 2.75) is 39.2 Å². The summed E-state index contributed by atoms with van der Waals surface area (Å²) in [5.41, 5.74) is -1.10. The van der Waals surface area contributed by atoms with Crippen molar-refractivity contribution < 1.29 is 23.9 Å². The number of hydrogen-bond acceptors (Lipinski definition) is 5. The zero-order chi connectivity index (χ0) is 13.5. The lowest BCUT2D eigenvalue weighted by Gasteiger charge is -2.22. The smallest absolute Gasteiger partial charge is 0.330 e. The third-order valence-corrected chi connectivity index (χ3v) is 2.01. The molecule has 0 aliphatic rings. The van der Waals surface area contributed by atoms with E-state index in [2.05, 4.69) is 14.8 Å². The van der Waals surface area contributed by atoms with Crippen molar-refractivity contribution in [3.8, 4) is 0 Å². The van der Waals surface area contributed by atoms with E-state index in [1.165, 1.54) is 21.0 Å². The zero-order valence-electron chi connectivity index (χ0n) is 10.7. The monoisotopic (exact) mass is 245 g/mol. The highest BCUT2D eigenvalue weighted by Crippen LogP contribution is 2.05. The maximum atomic E-state index is 11.5. The highest BCUT2D eigenvalue weighted by molar-refractivity contribution is 5.88. The van der Waals surface area contributed by atoms with E-state index in [0.29, 0.717) is 0 Å². The molecule has 17 heavy (non-hydrogen) atoms. The highest BCUT2D eigenvalue weighted by atomic mass is 16.5. The average molecular weight is 245 g/mol. The Balaban J connectivity index is 4.10. The quantitative estimate of drug-likeness (QED) is 0.685. The molecule has 0 unspecified atom stereocenters. The molecule has 0 aromatic carbocycles. The Morgan fingerprint density at radius 2 is 1.76 bits per heavy atom. The summed E-state index contributed by atoms with van der Waals surface area (Å²) >= 11 is 0. The van der Waals surface area contributed by atoms with Crippen molar-refractivity contribution >= 4 is 17.8 Å². The third kappa shape index (κ3) is 5.89. The van der Waals surface area contributed by atoms with Crippen LogP contribution in [0.3, 0.4) is 0 Å². The summed E-state index contributed by atoms with van der Waals surface area (Å²) in [5, 5.41) is 2.48. The molecule has 0 aliphatic carbocycles. The minimum absolute atomic E-state index is 0.00305. The Morgan fingerprint density at radius 1 is 1.18 bits per heavy atom. The maximum Gasteiger partial charge on any atom is 0.330 e. The molecule has 0 saturated heterocycles. The van der Waals surface area contributed by atoms with Gasteiger partial charge in [-0.3, -0.25) is 9.59 Å². The number of carbonyl (C=O) groups excluding carboxylic acids is 3. The van der Waals surface area contributed by atoms with Crippen LogP contribution in [-0.4, -0.2) is 37.1 Å². The Hall–Kier alpha value is -1.59. The van der Waals surface area contributed by atoms with E-state index in [4.69, 9.17) is 0 Å². The molecule has 0 spiro atoms. The van der Waals surface area contributed by atoms with Gasteiger partial charge in [0.05, 0.1) is 20.1 Å². The summed E-state index contributed by atoms with van der Waals surface area (Å²) < 4.78 is 9.22. The summed E-state index contributed by atoms with van der Waals surface area (Å²) in [6, 6.07) is 0. The van der Waals surface area contributed by atoms with Gasteiger partial charge in [-0.25, -0.2) is 4.79 Å². The molecule has 0 saturated carbocycles. The van der Waals surface area contributed by atoms with Crippen LogP contribution < -0.4 is 5.32 Å². The molecule has 6 heteroatoms. The van der Waals surface area contributed by atoms with E-state index in [0.717, 1.165) is 0 Å². The predicted octanol–water partition coefficient (Wildman–Crippen LogP) is 0.397. The van der Waals surface area contributed by atoms with Crippen molar-refractivity contribution in [3.63, 3.8) is 0 Å². The van der Waals surface area contributed by atoms with Crippen LogP contribution in [0.5, 0.6) is 0 Å². The fourth-order valence-corrected chi connectivity index (χ4v) is 1.17. The van der Waals surface area contributed by atoms with E-state index < -0.39 is 23.4 Å². The molecule has 0 rings (SSSR count). The van der Waals surface area contributed by atoms with E-state index in [-0.39, 0.29) is 19.4 Å². The van der Waals surface area contributed by atoms with Crippen LogP contribution in [0.4, 0.5) is 0 Å². The van der Waals surface area contributed by atoms with Gasteiger partial charge in [0, 0.05) is 6.42 Å². The molecule has 1 amide bonds. The summed E-state index contributed by atoms with van der Waals surface area (Å²) in [4.78, 5) is 33.8. The molecule has 0 aromatic heterocycles. The molecule has 0 fully saturated rings. The molecular weight excluding hydrogens is 226 g/mol. The van der Waals surface area contributed by atoms with E-state index >= 15 is 0 Å². The largest absolute Gasteiger partial charge is 0.467 e. The lowest BCUT2D eigenvalue weighted by atomic mass is 10.1. The van der Waals surface area contributed by atoms with Crippen molar-refractivity contribution in [2.75, 3.05) is 13.7 Å². The normalized spacial score (nSPS) is 10.6. The van der Waals surface area contributed by atoms with Crippen LogP contribution in [0.25, 0.3) is 0 Å². The number of esters is 2. The molecule has 1 N–H and O–H groups in total. The third-order valence-electron chi connectivity index (χ3n) is 2.01. The lowest BCUT2D eigenvalue weighted by Crippen LogP contribution is -2.50. The van der Waals surface area contributed by atoms with Crippen LogP contribution in [-0.2, 0) is 23.9 Å². The van der Waals surface area contributed by atoms with Crippen LogP contribution >= 0.6 is 0 Å². The molecule has 0 aliphatic heterocycles. The summed E-state index contributed by atoms with van der Waals surface area (Å²) in [6.07, 6.45) is -0.0177. The minimum Gasteiger partial charge on any atom is -0.467 e. The van der Waals surface area contributed by atoms with E-state index in [1.807, 2.05) is 0 Å². The lowest BCUT2D eigenvalue weighted by molar-refractivity contribution is -0.149. The maximum absolute atomic E-state index is 11.5. The van der Waals surface area contributed by atoms with Gasteiger partial charge in [-0.05, 0) is 20.8 Å². The van der Waals surface area contributed by atoms with Crippen molar-refractivity contribution in [1.29, 1.82) is 0 Å². The standard InChI is InChI=1S/C11H19NO5/c1-5-17-9(14)7-6-8(13)12-11(2,3)10(15)16-4/h5-7H2,1-4H3,(H,12,13). The second-order valence-corrected chi connectivity index (χ2v) is 3.97. The first-order valence-electron chi connectivity index (χ1n) is 5.38. The molecule has 0 bridgehead atoms. The zero-order valence-corrected chi connectivity index (χ0v) is 10.7. The Bertz CT molecular complexity index is 298. The summed E-state index contributed by atoms with van der Waals surface area (Å²) in [7, 11) is 1.24. The number of amides is 1. The number of methoxy groups -OCH3 is 1. The van der Waals surface area contributed by atoms with Crippen LogP contribution in [0.15, 0.2) is 0 Å². The van der Waals surface area contributed by atoms with Crippen molar-refractivity contribution in [1.82, 2.24) is 5.32 Å². The van der Waals surface area contributed by atoms with Gasteiger partial charge in [0.15, 0.2) is 0 Å². The molecule has 0 atom stereocenters. The summed E-state index contributed by atoms with van der Waals surface area (Å²) in [6.45, 7) is 5.04. The van der Waals surface area contributed by atoms with Crippen LogP contribution in [0, 0.1) is 0 Å². The SMILES string of the molecule is CCOC(=O)CCC(=O)NC(C)(C)C(=O)OC. The molecule has 0 heterocycles. The highest BCUT2D eigenvalue weighted by Gasteiger charge is 2.30. The number of carbonyl (C=O) groups is 3. The minimum atomic E-state index is -1.10. The molecule has 98 valence electrons. The van der Waals surface area contributed by atoms with Gasteiger partial charge in [-0.15, -0.1) is 0 Å². The number of nitrogens with one attached hydrogen (secondary N) is 1. The fraction of sp³-hybridized carbons (Fsp3) is 0.727. The van der Waals surface area contributed by atoms with E-state index in [1.54, 1.807) is 6.92 Å². The Kier molecular flexibility index (Phi) is 6.23. The number of hydrogen-bond donors (Lipinski definition) is 1. The molecular formula is C11H19NO5. The van der Waals surface area contributed by atoms with Crippen LogP contribution in [0.2, 0.25) is 0 Å². The molecule has 0 aromatic rings. The van der Waals surface area contributed by atoms with Gasteiger partial charge in [0.2, 0.25) is 5.91 Å². The number of rotatable bonds is 6. The van der Waals surface area contributed by atoms with Gasteiger partial charge in [0.25, 0.3) is 0 Å². The fourth-order valence-electron chi connectivity index (χ4n) is 1.17. The van der Waals surface area contributed by atoms with Gasteiger partial charge in [-0.1, -0.05) is 0 Å². The average Bonchev–Trinajstić information content (AvgIpc) is 2.25. The van der Waals surface area contributed by atoms with Gasteiger partial charge in [0.1, 0.15) is 5.54 Å². The molecule has 6 nitrogen and oxygen atoms in total. The molecule has 0 radical (unpaired) electrons. The van der Waals surface area contributed by atoms with Gasteiger partial charge >= 0.3 is 11.9 Å². The van der Waals surface area contributed by atoms with Crippen molar-refractivity contribution in [2.24, 2.45) is 0 Å². The first-order chi connectivity index (χ1) is 7.83. The van der Waals surface area contributed by atoms with Gasteiger partial charge in [-0.2, -0.15) is 0 Å². The second-order valence-electron chi connectivity index (χ2n) is 3.97. The first-order valence-corrected chi connectivity index (χ1v) is 5.38. The first kappa shape index (κ1) is 15.4. The number of ether oxygens (including phenoxy) is 2. The second kappa shape index (κ2) is 6.88. The van der Waals surface area contributed by atoms with Crippen molar-refractivity contribution in [3.05, 3.63) is 0 Å². The Labute approximate surface area is 101 Å². The topological polar surface area (TPSA) is 81.7 Å².